The van der Waals surface area contributed by atoms with Gasteiger partial charge in [-0.3, -0.25) is 10.1 Å². The van der Waals surface area contributed by atoms with Gasteiger partial charge in [0.25, 0.3) is 0 Å². The van der Waals surface area contributed by atoms with Crippen molar-refractivity contribution in [3.63, 3.8) is 0 Å². The fourth-order valence-corrected chi connectivity index (χ4v) is 3.47. The van der Waals surface area contributed by atoms with Crippen LogP contribution in [0.5, 0.6) is 23.0 Å². The Bertz CT molecular complexity index is 1370. The van der Waals surface area contributed by atoms with Crippen LogP contribution in [-0.2, 0) is 0 Å². The third-order valence-electron chi connectivity index (χ3n) is 5.20. The van der Waals surface area contributed by atoms with Crippen LogP contribution in [0, 0.1) is 10.1 Å². The third-order valence-corrected chi connectivity index (χ3v) is 5.20. The van der Waals surface area contributed by atoms with Gasteiger partial charge in [0.2, 0.25) is 11.6 Å². The molecule has 0 radical (unpaired) electrons. The first-order chi connectivity index (χ1) is 18.1. The van der Waals surface area contributed by atoms with E-state index in [-0.39, 0.29) is 17.3 Å². The molecule has 5 rings (SSSR count). The summed E-state index contributed by atoms with van der Waals surface area (Å²) >= 11 is 0. The van der Waals surface area contributed by atoms with Crippen LogP contribution in [0.1, 0.15) is 0 Å². The zero-order valence-electron chi connectivity index (χ0n) is 19.4. The van der Waals surface area contributed by atoms with E-state index in [9.17, 15) is 10.1 Å². The van der Waals surface area contributed by atoms with Crippen LogP contribution in [0.25, 0.3) is 0 Å². The molecule has 0 unspecified atom stereocenters. The van der Waals surface area contributed by atoms with Gasteiger partial charge in [0.1, 0.15) is 29.3 Å². The van der Waals surface area contributed by atoms with Crippen LogP contribution in [0.4, 0.5) is 28.7 Å². The number of hydrogen-bond donors (Lipinski definition) is 2. The minimum Gasteiger partial charge on any atom is -0.457 e. The molecule has 5 aromatic rings. The lowest BCUT2D eigenvalue weighted by molar-refractivity contribution is -0.383. The molecule has 2 N–H and O–H groups in total. The minimum absolute atomic E-state index is 0.0586. The van der Waals surface area contributed by atoms with Crippen LogP contribution >= 0.6 is 0 Å². The number of ether oxygens (including phenoxy) is 2. The molecular formula is C28H21N5O4. The van der Waals surface area contributed by atoms with Gasteiger partial charge < -0.3 is 20.1 Å². The number of nitro groups is 1. The SMILES string of the molecule is O=[N+]([O-])c1c(Nc2ccc(Oc3ccccc3)cc2)ncnc1Nc1ccc(Oc2ccccc2)cc1. The van der Waals surface area contributed by atoms with E-state index >= 15 is 0 Å². The van der Waals surface area contributed by atoms with Gasteiger partial charge in [-0.1, -0.05) is 36.4 Å². The maximum atomic E-state index is 11.9. The minimum atomic E-state index is -0.523. The molecule has 0 bridgehead atoms. The largest absolute Gasteiger partial charge is 0.457 e. The molecule has 4 aromatic carbocycles. The Hall–Kier alpha value is -5.44. The molecule has 0 amide bonds. The van der Waals surface area contributed by atoms with Gasteiger partial charge in [-0.25, -0.2) is 9.97 Å². The fraction of sp³-hybridized carbons (Fsp3) is 0. The molecule has 0 aliphatic carbocycles. The summed E-state index contributed by atoms with van der Waals surface area (Å²) in [5.74, 6) is 2.81. The Morgan fingerprint density at radius 3 is 1.32 bits per heavy atom. The second-order valence-electron chi connectivity index (χ2n) is 7.81. The van der Waals surface area contributed by atoms with E-state index in [2.05, 4.69) is 20.6 Å². The van der Waals surface area contributed by atoms with Gasteiger partial charge in [-0.15, -0.1) is 0 Å². The summed E-state index contributed by atoms with van der Waals surface area (Å²) in [7, 11) is 0. The fourth-order valence-electron chi connectivity index (χ4n) is 3.47. The Balaban J connectivity index is 1.30. The molecule has 0 fully saturated rings. The van der Waals surface area contributed by atoms with Crippen LogP contribution in [-0.4, -0.2) is 14.9 Å². The second-order valence-corrected chi connectivity index (χ2v) is 7.81. The highest BCUT2D eigenvalue weighted by atomic mass is 16.6. The molecule has 0 saturated carbocycles. The summed E-state index contributed by atoms with van der Waals surface area (Å²) in [6.07, 6.45) is 1.26. The lowest BCUT2D eigenvalue weighted by Gasteiger charge is -2.11. The number of para-hydroxylation sites is 2. The maximum absolute atomic E-state index is 11.9. The summed E-state index contributed by atoms with van der Waals surface area (Å²) in [6.45, 7) is 0. The Labute approximate surface area is 212 Å². The molecule has 9 heteroatoms. The van der Waals surface area contributed by atoms with Crippen molar-refractivity contribution >= 4 is 28.7 Å². The van der Waals surface area contributed by atoms with Crippen LogP contribution in [0.3, 0.4) is 0 Å². The lowest BCUT2D eigenvalue weighted by Crippen LogP contribution is -2.05. The number of nitrogens with one attached hydrogen (secondary N) is 2. The molecule has 0 atom stereocenters. The zero-order chi connectivity index (χ0) is 25.5. The van der Waals surface area contributed by atoms with Gasteiger partial charge in [-0.2, -0.15) is 0 Å². The van der Waals surface area contributed by atoms with E-state index < -0.39 is 4.92 Å². The maximum Gasteiger partial charge on any atom is 0.353 e. The molecule has 0 saturated heterocycles. The molecule has 0 aliphatic rings. The quantitative estimate of drug-likeness (QED) is 0.161. The van der Waals surface area contributed by atoms with Crippen molar-refractivity contribution in [1.29, 1.82) is 0 Å². The molecule has 182 valence electrons. The first kappa shape index (κ1) is 23.3. The number of rotatable bonds is 9. The van der Waals surface area contributed by atoms with Crippen molar-refractivity contribution in [2.24, 2.45) is 0 Å². The molecule has 9 nitrogen and oxygen atoms in total. The summed E-state index contributed by atoms with van der Waals surface area (Å²) in [5.41, 5.74) is 0.933. The van der Waals surface area contributed by atoms with Gasteiger partial charge in [-0.05, 0) is 72.8 Å². The number of nitrogens with zero attached hydrogens (tertiary/aromatic N) is 3. The van der Waals surface area contributed by atoms with Gasteiger partial charge in [0.05, 0.1) is 4.92 Å². The zero-order valence-corrected chi connectivity index (χ0v) is 19.4. The average molecular weight is 492 g/mol. The summed E-state index contributed by atoms with van der Waals surface area (Å²) in [4.78, 5) is 19.6. The molecular weight excluding hydrogens is 470 g/mol. The van der Waals surface area contributed by atoms with Crippen molar-refractivity contribution in [3.8, 4) is 23.0 Å². The van der Waals surface area contributed by atoms with Crippen molar-refractivity contribution < 1.29 is 14.4 Å². The Morgan fingerprint density at radius 2 is 0.946 bits per heavy atom. The molecule has 0 aliphatic heterocycles. The topological polar surface area (TPSA) is 111 Å². The third kappa shape index (κ3) is 5.98. The van der Waals surface area contributed by atoms with Crippen molar-refractivity contribution in [2.75, 3.05) is 10.6 Å². The highest BCUT2D eigenvalue weighted by Gasteiger charge is 2.23. The number of hydrogen-bond acceptors (Lipinski definition) is 8. The van der Waals surface area contributed by atoms with Crippen LogP contribution in [0.2, 0.25) is 0 Å². The van der Waals surface area contributed by atoms with E-state index in [1.165, 1.54) is 6.33 Å². The predicted molar refractivity (Wildman–Crippen MR) is 141 cm³/mol. The van der Waals surface area contributed by atoms with Crippen molar-refractivity contribution in [1.82, 2.24) is 9.97 Å². The van der Waals surface area contributed by atoms with Gasteiger partial charge >= 0.3 is 5.69 Å². The van der Waals surface area contributed by atoms with Crippen molar-refractivity contribution in [2.45, 2.75) is 0 Å². The average Bonchev–Trinajstić information content (AvgIpc) is 2.92. The summed E-state index contributed by atoms with van der Waals surface area (Å²) in [6, 6.07) is 32.9. The molecule has 1 heterocycles. The number of aromatic nitrogens is 2. The highest BCUT2D eigenvalue weighted by molar-refractivity contribution is 5.77. The summed E-state index contributed by atoms with van der Waals surface area (Å²) in [5, 5.41) is 17.9. The first-order valence-corrected chi connectivity index (χ1v) is 11.3. The Kier molecular flexibility index (Phi) is 6.85. The van der Waals surface area contributed by atoms with Crippen LogP contribution in [0.15, 0.2) is 116 Å². The number of benzene rings is 4. The van der Waals surface area contributed by atoms with Gasteiger partial charge in [0, 0.05) is 11.4 Å². The summed E-state index contributed by atoms with van der Waals surface area (Å²) < 4.78 is 11.6. The Morgan fingerprint density at radius 1 is 0.568 bits per heavy atom. The van der Waals surface area contributed by atoms with Gasteiger partial charge in [0.15, 0.2) is 0 Å². The smallest absolute Gasteiger partial charge is 0.353 e. The van der Waals surface area contributed by atoms with E-state index in [1.54, 1.807) is 48.5 Å². The van der Waals surface area contributed by atoms with E-state index in [4.69, 9.17) is 9.47 Å². The predicted octanol–water partition coefficient (Wildman–Crippen LogP) is 7.46. The molecule has 37 heavy (non-hydrogen) atoms. The second kappa shape index (κ2) is 10.9. The number of anilines is 4. The van der Waals surface area contributed by atoms with E-state index in [0.29, 0.717) is 34.4 Å². The lowest BCUT2D eigenvalue weighted by atomic mass is 10.2. The first-order valence-electron chi connectivity index (χ1n) is 11.3. The monoisotopic (exact) mass is 491 g/mol. The molecule has 1 aromatic heterocycles. The van der Waals surface area contributed by atoms with Crippen molar-refractivity contribution in [3.05, 3.63) is 126 Å². The highest BCUT2D eigenvalue weighted by Crippen LogP contribution is 2.34. The van der Waals surface area contributed by atoms with Crippen LogP contribution < -0.4 is 20.1 Å². The molecule has 0 spiro atoms. The standard InChI is InChI=1S/C28H21N5O4/c34-33(35)26-27(31-20-11-15-24(16-12-20)36-22-7-3-1-4-8-22)29-19-30-28(26)32-21-13-17-25(18-14-21)37-23-9-5-2-6-10-23/h1-19H,(H2,29,30,31,32). The van der Waals surface area contributed by atoms with E-state index in [0.717, 1.165) is 0 Å². The van der Waals surface area contributed by atoms with E-state index in [1.807, 2.05) is 60.7 Å². The normalized spacial score (nSPS) is 10.4.